The lowest BCUT2D eigenvalue weighted by Crippen LogP contribution is -2.38. The highest BCUT2D eigenvalue weighted by molar-refractivity contribution is 5.54. The molecular formula is C19H32N2. The van der Waals surface area contributed by atoms with E-state index in [2.05, 4.69) is 56.1 Å². The van der Waals surface area contributed by atoms with Gasteiger partial charge in [0.05, 0.1) is 0 Å². The number of aryl methyl sites for hydroxylation is 1. The van der Waals surface area contributed by atoms with E-state index >= 15 is 0 Å². The van der Waals surface area contributed by atoms with Crippen molar-refractivity contribution in [2.24, 2.45) is 5.41 Å². The monoisotopic (exact) mass is 288 g/mol. The predicted molar refractivity (Wildman–Crippen MR) is 93.0 cm³/mol. The van der Waals surface area contributed by atoms with Gasteiger partial charge in [-0.2, -0.15) is 0 Å². The van der Waals surface area contributed by atoms with Crippen molar-refractivity contribution >= 4 is 5.69 Å². The third-order valence-corrected chi connectivity index (χ3v) is 5.18. The first-order valence-electron chi connectivity index (χ1n) is 8.63. The van der Waals surface area contributed by atoms with E-state index in [0.717, 1.165) is 13.1 Å². The Morgan fingerprint density at radius 2 is 1.90 bits per heavy atom. The summed E-state index contributed by atoms with van der Waals surface area (Å²) in [5, 5.41) is 3.48. The Labute approximate surface area is 130 Å². The van der Waals surface area contributed by atoms with Gasteiger partial charge in [-0.15, -0.1) is 0 Å². The Hall–Kier alpha value is -1.02. The number of rotatable bonds is 6. The normalized spacial score (nSPS) is 18.0. The van der Waals surface area contributed by atoms with Crippen molar-refractivity contribution in [3.05, 3.63) is 29.3 Å². The molecule has 0 bridgehead atoms. The van der Waals surface area contributed by atoms with Crippen molar-refractivity contribution in [3.63, 3.8) is 0 Å². The number of anilines is 1. The van der Waals surface area contributed by atoms with Gasteiger partial charge in [0.1, 0.15) is 0 Å². The summed E-state index contributed by atoms with van der Waals surface area (Å²) in [6, 6.07) is 6.97. The standard InChI is InChI=1S/C19H32N2/c1-5-11-20-15-17-7-8-18(16(3)14-17)21-12-9-19(4,6-2)10-13-21/h7-8,14,20H,5-6,9-13,15H2,1-4H3. The van der Waals surface area contributed by atoms with Gasteiger partial charge >= 0.3 is 0 Å². The van der Waals surface area contributed by atoms with E-state index in [9.17, 15) is 0 Å². The van der Waals surface area contributed by atoms with Crippen LogP contribution >= 0.6 is 0 Å². The SMILES string of the molecule is CCCNCc1ccc(N2CCC(C)(CC)CC2)c(C)c1. The minimum absolute atomic E-state index is 0.564. The lowest BCUT2D eigenvalue weighted by atomic mass is 9.78. The zero-order valence-electron chi connectivity index (χ0n) is 14.3. The second-order valence-electron chi connectivity index (χ2n) is 6.95. The van der Waals surface area contributed by atoms with E-state index in [0.29, 0.717) is 5.41 Å². The van der Waals surface area contributed by atoms with Crippen LogP contribution in [0.1, 0.15) is 57.6 Å². The molecule has 2 heteroatoms. The molecule has 2 nitrogen and oxygen atoms in total. The van der Waals surface area contributed by atoms with Gasteiger partial charge in [-0.3, -0.25) is 0 Å². The molecular weight excluding hydrogens is 256 g/mol. The molecule has 1 fully saturated rings. The van der Waals surface area contributed by atoms with Crippen molar-refractivity contribution in [2.45, 2.75) is 59.9 Å². The highest BCUT2D eigenvalue weighted by atomic mass is 15.1. The molecule has 1 aliphatic heterocycles. The highest BCUT2D eigenvalue weighted by Crippen LogP contribution is 2.36. The van der Waals surface area contributed by atoms with Crippen LogP contribution in [0, 0.1) is 12.3 Å². The van der Waals surface area contributed by atoms with E-state index in [4.69, 9.17) is 0 Å². The molecule has 21 heavy (non-hydrogen) atoms. The molecule has 1 N–H and O–H groups in total. The number of hydrogen-bond acceptors (Lipinski definition) is 2. The molecule has 118 valence electrons. The lowest BCUT2D eigenvalue weighted by molar-refractivity contribution is 0.238. The summed E-state index contributed by atoms with van der Waals surface area (Å²) in [6.07, 6.45) is 5.15. The molecule has 0 aromatic heterocycles. The van der Waals surface area contributed by atoms with Gasteiger partial charge in [0.25, 0.3) is 0 Å². The minimum atomic E-state index is 0.564. The van der Waals surface area contributed by atoms with Crippen LogP contribution in [0.2, 0.25) is 0 Å². The van der Waals surface area contributed by atoms with Crippen LogP contribution < -0.4 is 10.2 Å². The molecule has 1 heterocycles. The van der Waals surface area contributed by atoms with Crippen LogP contribution in [0.25, 0.3) is 0 Å². The smallest absolute Gasteiger partial charge is 0.0396 e. The van der Waals surface area contributed by atoms with Crippen LogP contribution in [0.15, 0.2) is 18.2 Å². The van der Waals surface area contributed by atoms with Gasteiger partial charge in [-0.1, -0.05) is 39.3 Å². The molecule has 0 spiro atoms. The van der Waals surface area contributed by atoms with E-state index in [1.165, 1.54) is 55.6 Å². The molecule has 1 aromatic carbocycles. The predicted octanol–water partition coefficient (Wildman–Crippen LogP) is 4.51. The zero-order chi connectivity index (χ0) is 15.3. The molecule has 0 saturated carbocycles. The zero-order valence-corrected chi connectivity index (χ0v) is 14.3. The van der Waals surface area contributed by atoms with Gasteiger partial charge in [-0.25, -0.2) is 0 Å². The number of nitrogens with one attached hydrogen (secondary N) is 1. The molecule has 0 aliphatic carbocycles. The Morgan fingerprint density at radius 3 is 2.48 bits per heavy atom. The van der Waals surface area contributed by atoms with Crippen LogP contribution in [0.5, 0.6) is 0 Å². The van der Waals surface area contributed by atoms with Gasteiger partial charge in [0.2, 0.25) is 0 Å². The minimum Gasteiger partial charge on any atom is -0.371 e. The van der Waals surface area contributed by atoms with Gasteiger partial charge in [-0.05, 0) is 55.3 Å². The van der Waals surface area contributed by atoms with Crippen molar-refractivity contribution in [3.8, 4) is 0 Å². The van der Waals surface area contributed by atoms with Crippen LogP contribution in [0.4, 0.5) is 5.69 Å². The van der Waals surface area contributed by atoms with E-state index in [1.807, 2.05) is 0 Å². The maximum absolute atomic E-state index is 3.48. The first kappa shape index (κ1) is 16.4. The quantitative estimate of drug-likeness (QED) is 0.775. The van der Waals surface area contributed by atoms with Crippen molar-refractivity contribution < 1.29 is 0 Å². The molecule has 0 unspecified atom stereocenters. The fraction of sp³-hybridized carbons (Fsp3) is 0.684. The van der Waals surface area contributed by atoms with Crippen molar-refractivity contribution in [1.82, 2.24) is 5.32 Å². The molecule has 0 amide bonds. The number of hydrogen-bond donors (Lipinski definition) is 1. The molecule has 2 rings (SSSR count). The maximum atomic E-state index is 3.48. The lowest BCUT2D eigenvalue weighted by Gasteiger charge is -2.40. The van der Waals surface area contributed by atoms with Crippen molar-refractivity contribution in [2.75, 3.05) is 24.5 Å². The van der Waals surface area contributed by atoms with E-state index in [-0.39, 0.29) is 0 Å². The molecule has 0 atom stereocenters. The fourth-order valence-electron chi connectivity index (χ4n) is 3.23. The summed E-state index contributed by atoms with van der Waals surface area (Å²) in [5.41, 5.74) is 4.83. The third kappa shape index (κ3) is 4.23. The van der Waals surface area contributed by atoms with Gasteiger partial charge in [0, 0.05) is 25.3 Å². The number of nitrogens with zero attached hydrogens (tertiary/aromatic N) is 1. The Kier molecular flexibility index (Phi) is 5.69. The van der Waals surface area contributed by atoms with E-state index < -0.39 is 0 Å². The second kappa shape index (κ2) is 7.31. The molecule has 1 aliphatic rings. The maximum Gasteiger partial charge on any atom is 0.0396 e. The average molecular weight is 288 g/mol. The number of benzene rings is 1. The Morgan fingerprint density at radius 1 is 1.19 bits per heavy atom. The summed E-state index contributed by atoms with van der Waals surface area (Å²) in [6.45, 7) is 13.7. The molecule has 1 aromatic rings. The first-order chi connectivity index (χ1) is 10.1. The Bertz CT molecular complexity index is 445. The van der Waals surface area contributed by atoms with Crippen LogP contribution in [0.3, 0.4) is 0 Å². The van der Waals surface area contributed by atoms with E-state index in [1.54, 1.807) is 0 Å². The number of piperidine rings is 1. The van der Waals surface area contributed by atoms with Crippen LogP contribution in [-0.2, 0) is 6.54 Å². The van der Waals surface area contributed by atoms with Gasteiger partial charge in [0.15, 0.2) is 0 Å². The molecule has 0 radical (unpaired) electrons. The third-order valence-electron chi connectivity index (χ3n) is 5.18. The molecule has 1 saturated heterocycles. The summed E-state index contributed by atoms with van der Waals surface area (Å²) < 4.78 is 0. The topological polar surface area (TPSA) is 15.3 Å². The fourth-order valence-corrected chi connectivity index (χ4v) is 3.23. The summed E-state index contributed by atoms with van der Waals surface area (Å²) in [4.78, 5) is 2.58. The van der Waals surface area contributed by atoms with Crippen LogP contribution in [-0.4, -0.2) is 19.6 Å². The summed E-state index contributed by atoms with van der Waals surface area (Å²) >= 11 is 0. The van der Waals surface area contributed by atoms with Crippen molar-refractivity contribution in [1.29, 1.82) is 0 Å². The Balaban J connectivity index is 1.98. The highest BCUT2D eigenvalue weighted by Gasteiger charge is 2.28. The first-order valence-corrected chi connectivity index (χ1v) is 8.63. The second-order valence-corrected chi connectivity index (χ2v) is 6.95. The summed E-state index contributed by atoms with van der Waals surface area (Å²) in [7, 11) is 0. The average Bonchev–Trinajstić information content (AvgIpc) is 2.49. The largest absolute Gasteiger partial charge is 0.371 e. The van der Waals surface area contributed by atoms with Gasteiger partial charge < -0.3 is 10.2 Å². The summed E-state index contributed by atoms with van der Waals surface area (Å²) in [5.74, 6) is 0.